The maximum Gasteiger partial charge on any atom is 0.407 e. The fraction of sp³-hybridized carbons (Fsp3) is 0.300. The number of hydrogen-bond acceptors (Lipinski definition) is 2. The Hall–Kier alpha value is -1.58. The van der Waals surface area contributed by atoms with E-state index in [0.717, 1.165) is 0 Å². The molecule has 3 nitrogen and oxygen atoms in total. The highest BCUT2D eigenvalue weighted by atomic mass is 19.1. The van der Waals surface area contributed by atoms with Crippen LogP contribution in [0, 0.1) is 5.82 Å². The molecule has 0 saturated carbocycles. The number of halogens is 1. The zero-order valence-electron chi connectivity index (χ0n) is 7.50. The van der Waals surface area contributed by atoms with Crippen molar-refractivity contribution in [2.75, 3.05) is 6.61 Å². The van der Waals surface area contributed by atoms with Gasteiger partial charge in [-0.1, -0.05) is 18.2 Å². The van der Waals surface area contributed by atoms with E-state index in [0.29, 0.717) is 18.6 Å². The van der Waals surface area contributed by atoms with E-state index in [2.05, 4.69) is 5.32 Å². The van der Waals surface area contributed by atoms with Crippen LogP contribution in [-0.4, -0.2) is 12.7 Å². The first kappa shape index (κ1) is 8.99. The predicted octanol–water partition coefficient (Wildman–Crippen LogP) is 2.00. The molecular formula is C10H10FNO2. The largest absolute Gasteiger partial charge is 0.449 e. The normalized spacial score (nSPS) is 21.2. The van der Waals surface area contributed by atoms with Crippen molar-refractivity contribution in [3.8, 4) is 0 Å². The van der Waals surface area contributed by atoms with Gasteiger partial charge in [-0.25, -0.2) is 9.18 Å². The van der Waals surface area contributed by atoms with Crippen LogP contribution in [0.15, 0.2) is 24.3 Å². The Balaban J connectivity index is 2.22. The number of hydrogen-bond donors (Lipinski definition) is 1. The van der Waals surface area contributed by atoms with E-state index < -0.39 is 6.09 Å². The van der Waals surface area contributed by atoms with E-state index in [9.17, 15) is 9.18 Å². The van der Waals surface area contributed by atoms with E-state index in [1.165, 1.54) is 6.07 Å². The van der Waals surface area contributed by atoms with Crippen molar-refractivity contribution in [2.24, 2.45) is 0 Å². The van der Waals surface area contributed by atoms with Gasteiger partial charge in [0.1, 0.15) is 5.82 Å². The average Bonchev–Trinajstić information content (AvgIpc) is 2.18. The predicted molar refractivity (Wildman–Crippen MR) is 48.2 cm³/mol. The molecule has 1 fully saturated rings. The molecule has 1 amide bonds. The van der Waals surface area contributed by atoms with E-state index in [-0.39, 0.29) is 11.9 Å². The summed E-state index contributed by atoms with van der Waals surface area (Å²) in [6, 6.07) is 6.17. The first-order valence-electron chi connectivity index (χ1n) is 4.45. The van der Waals surface area contributed by atoms with Crippen LogP contribution in [0.1, 0.15) is 18.0 Å². The van der Waals surface area contributed by atoms with Crippen molar-refractivity contribution in [2.45, 2.75) is 12.5 Å². The summed E-state index contributed by atoms with van der Waals surface area (Å²) in [5.41, 5.74) is 0.518. The molecule has 1 aliphatic rings. The van der Waals surface area contributed by atoms with Gasteiger partial charge in [-0.15, -0.1) is 0 Å². The highest BCUT2D eigenvalue weighted by molar-refractivity contribution is 5.68. The molecule has 0 spiro atoms. The van der Waals surface area contributed by atoms with Gasteiger partial charge in [0.15, 0.2) is 0 Å². The molecule has 1 unspecified atom stereocenters. The van der Waals surface area contributed by atoms with Gasteiger partial charge in [0.05, 0.1) is 12.6 Å². The zero-order valence-corrected chi connectivity index (χ0v) is 7.50. The van der Waals surface area contributed by atoms with Crippen molar-refractivity contribution < 1.29 is 13.9 Å². The number of benzene rings is 1. The topological polar surface area (TPSA) is 38.3 Å². The number of carbonyl (C=O) groups excluding carboxylic acids is 1. The number of carbonyl (C=O) groups is 1. The van der Waals surface area contributed by atoms with Crippen molar-refractivity contribution in [1.82, 2.24) is 5.32 Å². The summed E-state index contributed by atoms with van der Waals surface area (Å²) in [5, 5.41) is 2.57. The highest BCUT2D eigenvalue weighted by Gasteiger charge is 2.22. The molecule has 2 rings (SSSR count). The number of rotatable bonds is 1. The first-order chi connectivity index (χ1) is 6.77. The van der Waals surface area contributed by atoms with Crippen LogP contribution in [0.2, 0.25) is 0 Å². The third kappa shape index (κ3) is 1.69. The Morgan fingerprint density at radius 1 is 1.43 bits per heavy atom. The Morgan fingerprint density at radius 3 is 2.93 bits per heavy atom. The minimum Gasteiger partial charge on any atom is -0.449 e. The molecule has 74 valence electrons. The lowest BCUT2D eigenvalue weighted by Gasteiger charge is -2.23. The van der Waals surface area contributed by atoms with Gasteiger partial charge in [-0.2, -0.15) is 0 Å². The lowest BCUT2D eigenvalue weighted by molar-refractivity contribution is 0.115. The molecule has 1 aromatic rings. The number of cyclic esters (lactones) is 1. The van der Waals surface area contributed by atoms with Gasteiger partial charge >= 0.3 is 6.09 Å². The fourth-order valence-corrected chi connectivity index (χ4v) is 1.52. The Morgan fingerprint density at radius 2 is 2.21 bits per heavy atom. The van der Waals surface area contributed by atoms with E-state index >= 15 is 0 Å². The summed E-state index contributed by atoms with van der Waals surface area (Å²) in [6.07, 6.45) is 0.122. The van der Waals surface area contributed by atoms with Gasteiger partial charge in [0, 0.05) is 12.0 Å². The molecule has 0 aromatic heterocycles. The van der Waals surface area contributed by atoms with Crippen LogP contribution in [0.4, 0.5) is 9.18 Å². The van der Waals surface area contributed by atoms with Gasteiger partial charge in [0.25, 0.3) is 0 Å². The summed E-state index contributed by atoms with van der Waals surface area (Å²) in [6.45, 7) is 0.338. The lowest BCUT2D eigenvalue weighted by atomic mass is 10.0. The summed E-state index contributed by atoms with van der Waals surface area (Å²) >= 11 is 0. The van der Waals surface area contributed by atoms with Gasteiger partial charge in [0.2, 0.25) is 0 Å². The number of nitrogens with one attached hydrogen (secondary N) is 1. The second-order valence-electron chi connectivity index (χ2n) is 3.14. The average molecular weight is 195 g/mol. The molecule has 4 heteroatoms. The molecule has 0 bridgehead atoms. The summed E-state index contributed by atoms with van der Waals surface area (Å²) in [5.74, 6) is -0.292. The maximum absolute atomic E-state index is 13.3. The SMILES string of the molecule is O=C1NC(c2ccccc2F)CCO1. The number of alkyl carbamates (subject to hydrolysis) is 1. The van der Waals surface area contributed by atoms with Crippen molar-refractivity contribution in [3.63, 3.8) is 0 Å². The van der Waals surface area contributed by atoms with Gasteiger partial charge in [-0.3, -0.25) is 0 Å². The summed E-state index contributed by atoms with van der Waals surface area (Å²) < 4.78 is 18.0. The molecule has 1 aromatic carbocycles. The van der Waals surface area contributed by atoms with Gasteiger partial charge in [-0.05, 0) is 6.07 Å². The van der Waals surface area contributed by atoms with Gasteiger partial charge < -0.3 is 10.1 Å². The second kappa shape index (κ2) is 3.65. The standard InChI is InChI=1S/C10H10FNO2/c11-8-4-2-1-3-7(8)9-5-6-14-10(13)12-9/h1-4,9H,5-6H2,(H,12,13). The summed E-state index contributed by atoms with van der Waals surface area (Å²) in [7, 11) is 0. The van der Waals surface area contributed by atoms with E-state index in [4.69, 9.17) is 4.74 Å². The highest BCUT2D eigenvalue weighted by Crippen LogP contribution is 2.22. The number of ether oxygens (including phenoxy) is 1. The fourth-order valence-electron chi connectivity index (χ4n) is 1.52. The molecule has 1 saturated heterocycles. The van der Waals surface area contributed by atoms with E-state index in [1.807, 2.05) is 0 Å². The minimum absolute atomic E-state index is 0.266. The Bertz CT molecular complexity index is 354. The Kier molecular flexibility index (Phi) is 2.35. The minimum atomic E-state index is -0.482. The summed E-state index contributed by atoms with van der Waals surface area (Å²) in [4.78, 5) is 10.9. The van der Waals surface area contributed by atoms with Crippen LogP contribution >= 0.6 is 0 Å². The third-order valence-corrected chi connectivity index (χ3v) is 2.21. The van der Waals surface area contributed by atoms with Crippen molar-refractivity contribution in [1.29, 1.82) is 0 Å². The Labute approximate surface area is 80.9 Å². The van der Waals surface area contributed by atoms with Crippen LogP contribution < -0.4 is 5.32 Å². The number of amides is 1. The molecule has 1 heterocycles. The first-order valence-corrected chi connectivity index (χ1v) is 4.45. The molecule has 1 N–H and O–H groups in total. The van der Waals surface area contributed by atoms with E-state index in [1.54, 1.807) is 18.2 Å². The monoisotopic (exact) mass is 195 g/mol. The molecule has 1 aliphatic heterocycles. The molecular weight excluding hydrogens is 185 g/mol. The zero-order chi connectivity index (χ0) is 9.97. The van der Waals surface area contributed by atoms with Crippen LogP contribution in [-0.2, 0) is 4.74 Å². The van der Waals surface area contributed by atoms with Crippen molar-refractivity contribution >= 4 is 6.09 Å². The molecule has 0 aliphatic carbocycles. The van der Waals surface area contributed by atoms with Crippen LogP contribution in [0.5, 0.6) is 0 Å². The smallest absolute Gasteiger partial charge is 0.407 e. The maximum atomic E-state index is 13.3. The third-order valence-electron chi connectivity index (χ3n) is 2.21. The van der Waals surface area contributed by atoms with Crippen molar-refractivity contribution in [3.05, 3.63) is 35.6 Å². The second-order valence-corrected chi connectivity index (χ2v) is 3.14. The quantitative estimate of drug-likeness (QED) is 0.744. The van der Waals surface area contributed by atoms with Crippen LogP contribution in [0.3, 0.4) is 0 Å². The lowest BCUT2D eigenvalue weighted by Crippen LogP contribution is -2.35. The van der Waals surface area contributed by atoms with Crippen LogP contribution in [0.25, 0.3) is 0 Å². The molecule has 14 heavy (non-hydrogen) atoms. The molecule has 1 atom stereocenters. The molecule has 0 radical (unpaired) electrons.